The van der Waals surface area contributed by atoms with Crippen molar-refractivity contribution in [1.82, 2.24) is 5.32 Å². The van der Waals surface area contributed by atoms with Crippen molar-refractivity contribution in [1.29, 1.82) is 0 Å². The molecule has 1 N–H and O–H groups in total. The normalized spacial score (nSPS) is 10.8. The van der Waals surface area contributed by atoms with Crippen molar-refractivity contribution >= 4 is 11.3 Å². The van der Waals surface area contributed by atoms with E-state index in [4.69, 9.17) is 9.47 Å². The summed E-state index contributed by atoms with van der Waals surface area (Å²) in [5.41, 5.74) is 0. The van der Waals surface area contributed by atoms with Crippen LogP contribution >= 0.6 is 11.3 Å². The van der Waals surface area contributed by atoms with Crippen molar-refractivity contribution in [3.05, 3.63) is 22.4 Å². The first-order valence-corrected chi connectivity index (χ1v) is 6.70. The number of nitrogens with one attached hydrogen (secondary N) is 1. The van der Waals surface area contributed by atoms with Gasteiger partial charge in [-0.05, 0) is 18.4 Å². The van der Waals surface area contributed by atoms with E-state index in [0.29, 0.717) is 0 Å². The molecular formula is C12H21NO2S. The molecule has 0 fully saturated rings. The summed E-state index contributed by atoms with van der Waals surface area (Å²) in [4.78, 5) is 1.39. The first-order chi connectivity index (χ1) is 7.93. The van der Waals surface area contributed by atoms with Crippen LogP contribution < -0.4 is 5.32 Å². The summed E-state index contributed by atoms with van der Waals surface area (Å²) in [6, 6.07) is 4.23. The van der Waals surface area contributed by atoms with Gasteiger partial charge in [-0.25, -0.2) is 0 Å². The molecule has 1 aromatic rings. The summed E-state index contributed by atoms with van der Waals surface area (Å²) in [5.74, 6) is 0. The third-order valence-electron chi connectivity index (χ3n) is 2.12. The molecule has 1 rings (SSSR count). The largest absolute Gasteiger partial charge is 0.380 e. The number of ether oxygens (including phenoxy) is 2. The summed E-state index contributed by atoms with van der Waals surface area (Å²) in [6.45, 7) is 6.98. The van der Waals surface area contributed by atoms with Crippen LogP contribution in [0, 0.1) is 0 Å². The summed E-state index contributed by atoms with van der Waals surface area (Å²) in [5, 5.41) is 5.37. The fourth-order valence-corrected chi connectivity index (χ4v) is 1.98. The Kier molecular flexibility index (Phi) is 8.34. The van der Waals surface area contributed by atoms with Crippen molar-refractivity contribution in [2.45, 2.75) is 13.3 Å². The molecule has 0 aromatic carbocycles. The first-order valence-electron chi connectivity index (χ1n) is 5.82. The SMILES string of the molecule is CCOCCNCCOCCc1cccs1. The molecular weight excluding hydrogens is 222 g/mol. The lowest BCUT2D eigenvalue weighted by molar-refractivity contribution is 0.128. The predicted octanol–water partition coefficient (Wildman–Crippen LogP) is 1.93. The lowest BCUT2D eigenvalue weighted by Crippen LogP contribution is -2.24. The van der Waals surface area contributed by atoms with Gasteiger partial charge in [-0.2, -0.15) is 0 Å². The summed E-state index contributed by atoms with van der Waals surface area (Å²) in [6.07, 6.45) is 1.02. The van der Waals surface area contributed by atoms with Gasteiger partial charge in [-0.15, -0.1) is 11.3 Å². The molecule has 0 aliphatic heterocycles. The molecule has 0 bridgehead atoms. The van der Waals surface area contributed by atoms with Crippen LogP contribution in [-0.2, 0) is 15.9 Å². The van der Waals surface area contributed by atoms with E-state index in [-0.39, 0.29) is 0 Å². The summed E-state index contributed by atoms with van der Waals surface area (Å²) >= 11 is 1.79. The van der Waals surface area contributed by atoms with Crippen LogP contribution in [0.15, 0.2) is 17.5 Å². The van der Waals surface area contributed by atoms with Crippen molar-refractivity contribution in [2.24, 2.45) is 0 Å². The van der Waals surface area contributed by atoms with Gasteiger partial charge in [-0.3, -0.25) is 0 Å². The molecule has 0 unspecified atom stereocenters. The smallest absolute Gasteiger partial charge is 0.0591 e. The van der Waals surface area contributed by atoms with Crippen molar-refractivity contribution in [3.8, 4) is 0 Å². The monoisotopic (exact) mass is 243 g/mol. The van der Waals surface area contributed by atoms with Gasteiger partial charge in [0.05, 0.1) is 19.8 Å². The van der Waals surface area contributed by atoms with Crippen molar-refractivity contribution in [2.75, 3.05) is 39.5 Å². The van der Waals surface area contributed by atoms with Gasteiger partial charge in [0.1, 0.15) is 0 Å². The van der Waals surface area contributed by atoms with Gasteiger partial charge in [-0.1, -0.05) is 6.07 Å². The Hall–Kier alpha value is -0.420. The van der Waals surface area contributed by atoms with Crippen LogP contribution in [0.25, 0.3) is 0 Å². The quantitative estimate of drug-likeness (QED) is 0.637. The average Bonchev–Trinajstić information content (AvgIpc) is 2.80. The number of hydrogen-bond acceptors (Lipinski definition) is 4. The maximum Gasteiger partial charge on any atom is 0.0591 e. The molecule has 1 aromatic heterocycles. The maximum atomic E-state index is 5.52. The second-order valence-electron chi connectivity index (χ2n) is 3.39. The zero-order valence-corrected chi connectivity index (χ0v) is 10.7. The Morgan fingerprint density at radius 3 is 2.69 bits per heavy atom. The molecule has 0 spiro atoms. The second kappa shape index (κ2) is 9.78. The molecule has 16 heavy (non-hydrogen) atoms. The van der Waals surface area contributed by atoms with Crippen LogP contribution in [0.3, 0.4) is 0 Å². The molecule has 0 aliphatic rings. The Morgan fingerprint density at radius 2 is 2.00 bits per heavy atom. The second-order valence-corrected chi connectivity index (χ2v) is 4.42. The molecule has 92 valence electrons. The van der Waals surface area contributed by atoms with Crippen LogP contribution in [0.4, 0.5) is 0 Å². The van der Waals surface area contributed by atoms with Crippen molar-refractivity contribution < 1.29 is 9.47 Å². The Balaban J connectivity index is 1.78. The van der Waals surface area contributed by atoms with Crippen LogP contribution in [0.1, 0.15) is 11.8 Å². The van der Waals surface area contributed by atoms with Crippen LogP contribution in [-0.4, -0.2) is 39.5 Å². The fourth-order valence-electron chi connectivity index (χ4n) is 1.29. The summed E-state index contributed by atoms with van der Waals surface area (Å²) < 4.78 is 10.7. The number of rotatable bonds is 10. The number of hydrogen-bond donors (Lipinski definition) is 1. The minimum atomic E-state index is 0.775. The van der Waals surface area contributed by atoms with Crippen LogP contribution in [0.5, 0.6) is 0 Å². The molecule has 1 heterocycles. The van der Waals surface area contributed by atoms with Gasteiger partial charge in [0.25, 0.3) is 0 Å². The van der Waals surface area contributed by atoms with E-state index in [1.807, 2.05) is 6.92 Å². The molecule has 0 saturated carbocycles. The molecule has 4 heteroatoms. The zero-order valence-electron chi connectivity index (χ0n) is 9.91. The molecule has 0 saturated heterocycles. The minimum Gasteiger partial charge on any atom is -0.380 e. The number of thiophene rings is 1. The van der Waals surface area contributed by atoms with Gasteiger partial charge in [0, 0.05) is 31.0 Å². The van der Waals surface area contributed by atoms with E-state index < -0.39 is 0 Å². The third-order valence-corrected chi connectivity index (χ3v) is 3.06. The van der Waals surface area contributed by atoms with E-state index in [1.54, 1.807) is 11.3 Å². The Bertz CT molecular complexity index is 239. The average molecular weight is 243 g/mol. The van der Waals surface area contributed by atoms with E-state index >= 15 is 0 Å². The highest BCUT2D eigenvalue weighted by Crippen LogP contribution is 2.08. The lowest BCUT2D eigenvalue weighted by atomic mass is 10.4. The molecule has 0 amide bonds. The van der Waals surface area contributed by atoms with E-state index in [9.17, 15) is 0 Å². The van der Waals surface area contributed by atoms with E-state index in [2.05, 4.69) is 22.8 Å². The van der Waals surface area contributed by atoms with E-state index in [1.165, 1.54) is 4.88 Å². The molecule has 0 atom stereocenters. The van der Waals surface area contributed by atoms with Gasteiger partial charge < -0.3 is 14.8 Å². The Labute approximate surface area is 102 Å². The van der Waals surface area contributed by atoms with Gasteiger partial charge >= 0.3 is 0 Å². The standard InChI is InChI=1S/C12H21NO2S/c1-2-14-9-6-13-7-10-15-8-5-12-4-3-11-16-12/h3-4,11,13H,2,5-10H2,1H3. The van der Waals surface area contributed by atoms with Crippen LogP contribution in [0.2, 0.25) is 0 Å². The lowest BCUT2D eigenvalue weighted by Gasteiger charge is -2.05. The molecule has 0 aliphatic carbocycles. The highest BCUT2D eigenvalue weighted by atomic mass is 32.1. The molecule has 0 radical (unpaired) electrons. The van der Waals surface area contributed by atoms with Gasteiger partial charge in [0.2, 0.25) is 0 Å². The Morgan fingerprint density at radius 1 is 1.19 bits per heavy atom. The van der Waals surface area contributed by atoms with Crippen molar-refractivity contribution in [3.63, 3.8) is 0 Å². The fraction of sp³-hybridized carbons (Fsp3) is 0.667. The first kappa shape index (κ1) is 13.6. The molecule has 3 nitrogen and oxygen atoms in total. The van der Waals surface area contributed by atoms with Gasteiger partial charge in [0.15, 0.2) is 0 Å². The third kappa shape index (κ3) is 6.95. The summed E-state index contributed by atoms with van der Waals surface area (Å²) in [7, 11) is 0. The predicted molar refractivity (Wildman–Crippen MR) is 68.2 cm³/mol. The highest BCUT2D eigenvalue weighted by Gasteiger charge is 1.93. The maximum absolute atomic E-state index is 5.52. The van der Waals surface area contributed by atoms with E-state index in [0.717, 1.165) is 45.9 Å². The minimum absolute atomic E-state index is 0.775. The highest BCUT2D eigenvalue weighted by molar-refractivity contribution is 7.09. The zero-order chi connectivity index (χ0) is 11.5. The topological polar surface area (TPSA) is 30.5 Å².